The molecule has 0 radical (unpaired) electrons. The minimum atomic E-state index is -0.388. The van der Waals surface area contributed by atoms with Gasteiger partial charge in [-0.1, -0.05) is 42.5 Å². The third-order valence-corrected chi connectivity index (χ3v) is 6.83. The molecule has 0 saturated carbocycles. The van der Waals surface area contributed by atoms with Crippen LogP contribution in [0.2, 0.25) is 0 Å². The highest BCUT2D eigenvalue weighted by Gasteiger charge is 2.41. The fourth-order valence-electron chi connectivity index (χ4n) is 4.99. The van der Waals surface area contributed by atoms with Gasteiger partial charge in [-0.2, -0.15) is 0 Å². The van der Waals surface area contributed by atoms with Gasteiger partial charge < -0.3 is 19.1 Å². The van der Waals surface area contributed by atoms with Crippen molar-refractivity contribution in [1.82, 2.24) is 19.4 Å². The van der Waals surface area contributed by atoms with Crippen LogP contribution in [0.15, 0.2) is 73.3 Å². The molecule has 7 heteroatoms. The van der Waals surface area contributed by atoms with Crippen molar-refractivity contribution in [1.29, 1.82) is 0 Å². The number of carbonyl (C=O) groups is 2. The average molecular weight is 459 g/mol. The summed E-state index contributed by atoms with van der Waals surface area (Å²) in [4.78, 5) is 33.8. The van der Waals surface area contributed by atoms with Crippen molar-refractivity contribution >= 4 is 11.8 Å². The van der Waals surface area contributed by atoms with Gasteiger partial charge in [-0.25, -0.2) is 4.98 Å². The number of carbonyl (C=O) groups excluding carboxylic acids is 2. The maximum atomic E-state index is 13.3. The van der Waals surface area contributed by atoms with Crippen molar-refractivity contribution < 1.29 is 14.3 Å². The standard InChI is InChI=1S/C27H30N4O3/c32-25-19-34-27(20-31(25)18-22-6-2-1-3-7-22)10-5-13-30(14-11-27)26(33)24-9-4-8-23(16-24)17-29-15-12-28-21-29/h1-4,6-9,12,15-16,21H,5,10-11,13-14,17-20H2/t27-/m0/s1. The Balaban J connectivity index is 1.24. The number of rotatable bonds is 5. The molecule has 0 N–H and O–H groups in total. The molecule has 2 fully saturated rings. The number of imidazole rings is 1. The van der Waals surface area contributed by atoms with Crippen LogP contribution in [-0.2, 0) is 22.6 Å². The van der Waals surface area contributed by atoms with Gasteiger partial charge in [0.25, 0.3) is 5.91 Å². The van der Waals surface area contributed by atoms with Gasteiger partial charge in [-0.05, 0) is 42.5 Å². The summed E-state index contributed by atoms with van der Waals surface area (Å²) in [5.41, 5.74) is 2.51. The second-order valence-electron chi connectivity index (χ2n) is 9.29. The zero-order valence-electron chi connectivity index (χ0n) is 19.3. The molecule has 2 aliphatic rings. The number of hydrogen-bond donors (Lipinski definition) is 0. The van der Waals surface area contributed by atoms with E-state index < -0.39 is 0 Å². The molecule has 176 valence electrons. The summed E-state index contributed by atoms with van der Waals surface area (Å²) < 4.78 is 8.13. The maximum Gasteiger partial charge on any atom is 0.253 e. The second kappa shape index (κ2) is 9.81. The quantitative estimate of drug-likeness (QED) is 0.588. The first kappa shape index (κ1) is 22.3. The molecule has 2 aromatic carbocycles. The van der Waals surface area contributed by atoms with Gasteiger partial charge in [0.15, 0.2) is 0 Å². The van der Waals surface area contributed by atoms with E-state index in [0.29, 0.717) is 38.3 Å². The highest BCUT2D eigenvalue weighted by Crippen LogP contribution is 2.31. The number of nitrogens with zero attached hydrogens (tertiary/aromatic N) is 4. The van der Waals surface area contributed by atoms with E-state index in [1.165, 1.54) is 0 Å². The second-order valence-corrected chi connectivity index (χ2v) is 9.29. The lowest BCUT2D eigenvalue weighted by atomic mass is 9.92. The van der Waals surface area contributed by atoms with Crippen LogP contribution in [0.3, 0.4) is 0 Å². The van der Waals surface area contributed by atoms with E-state index in [-0.39, 0.29) is 24.0 Å². The molecule has 3 heterocycles. The summed E-state index contributed by atoms with van der Waals surface area (Å²) in [6.45, 7) is 3.28. The zero-order chi connectivity index (χ0) is 23.4. The van der Waals surface area contributed by atoms with Crippen LogP contribution >= 0.6 is 0 Å². The Morgan fingerprint density at radius 2 is 1.85 bits per heavy atom. The van der Waals surface area contributed by atoms with E-state index in [0.717, 1.165) is 30.4 Å². The summed E-state index contributed by atoms with van der Waals surface area (Å²) in [5, 5.41) is 0. The molecule has 3 aromatic rings. The predicted octanol–water partition coefficient (Wildman–Crippen LogP) is 3.36. The van der Waals surface area contributed by atoms with Crippen molar-refractivity contribution in [3.8, 4) is 0 Å². The molecule has 2 amide bonds. The molecule has 0 bridgehead atoms. The predicted molar refractivity (Wildman–Crippen MR) is 128 cm³/mol. The molecule has 34 heavy (non-hydrogen) atoms. The number of likely N-dealkylation sites (tertiary alicyclic amines) is 1. The first-order valence-electron chi connectivity index (χ1n) is 11.9. The largest absolute Gasteiger partial charge is 0.363 e. The van der Waals surface area contributed by atoms with Gasteiger partial charge in [0.05, 0.1) is 18.5 Å². The van der Waals surface area contributed by atoms with Crippen LogP contribution in [-0.4, -0.2) is 63.0 Å². The van der Waals surface area contributed by atoms with E-state index in [1.54, 1.807) is 12.5 Å². The molecule has 5 rings (SSSR count). The van der Waals surface area contributed by atoms with Gasteiger partial charge >= 0.3 is 0 Å². The molecule has 0 unspecified atom stereocenters. The highest BCUT2D eigenvalue weighted by atomic mass is 16.5. The van der Waals surface area contributed by atoms with Gasteiger partial charge in [0.2, 0.25) is 5.91 Å². The summed E-state index contributed by atoms with van der Waals surface area (Å²) in [5.74, 6) is 0.0823. The molecule has 1 spiro atoms. The molecule has 2 aliphatic heterocycles. The molecule has 1 atom stereocenters. The van der Waals surface area contributed by atoms with Crippen LogP contribution in [0.5, 0.6) is 0 Å². The summed E-state index contributed by atoms with van der Waals surface area (Å²) >= 11 is 0. The fourth-order valence-corrected chi connectivity index (χ4v) is 4.99. The van der Waals surface area contributed by atoms with Gasteiger partial charge in [0, 0.05) is 44.1 Å². The fraction of sp³-hybridized carbons (Fsp3) is 0.370. The topological polar surface area (TPSA) is 67.7 Å². The zero-order valence-corrected chi connectivity index (χ0v) is 19.3. The Morgan fingerprint density at radius 1 is 1.00 bits per heavy atom. The monoisotopic (exact) mass is 458 g/mol. The van der Waals surface area contributed by atoms with Crippen LogP contribution in [0, 0.1) is 0 Å². The molecule has 7 nitrogen and oxygen atoms in total. The van der Waals surface area contributed by atoms with Crippen molar-refractivity contribution in [2.45, 2.75) is 38.0 Å². The molecular weight excluding hydrogens is 428 g/mol. The first-order chi connectivity index (χ1) is 16.6. The van der Waals surface area contributed by atoms with E-state index >= 15 is 0 Å². The minimum Gasteiger partial charge on any atom is -0.363 e. The average Bonchev–Trinajstić information content (AvgIpc) is 3.28. The molecule has 2 saturated heterocycles. The van der Waals surface area contributed by atoms with Gasteiger partial charge in [0.1, 0.15) is 6.61 Å². The maximum absolute atomic E-state index is 13.3. The SMILES string of the molecule is O=C1CO[C@]2(CCCN(C(=O)c3cccc(Cn4ccnc4)c3)CC2)CN1Cc1ccccc1. The van der Waals surface area contributed by atoms with E-state index in [9.17, 15) is 9.59 Å². The van der Waals surface area contributed by atoms with Crippen molar-refractivity contribution in [3.05, 3.63) is 90.0 Å². The molecule has 1 aromatic heterocycles. The van der Waals surface area contributed by atoms with Crippen molar-refractivity contribution in [2.24, 2.45) is 0 Å². The lowest BCUT2D eigenvalue weighted by Crippen LogP contribution is -2.54. The number of hydrogen-bond acceptors (Lipinski definition) is 4. The highest BCUT2D eigenvalue weighted by molar-refractivity contribution is 5.94. The number of benzene rings is 2. The molecule has 0 aliphatic carbocycles. The number of amides is 2. The summed E-state index contributed by atoms with van der Waals surface area (Å²) in [6, 6.07) is 17.9. The van der Waals surface area contributed by atoms with E-state index in [2.05, 4.69) is 4.98 Å². The van der Waals surface area contributed by atoms with Crippen LogP contribution in [0.1, 0.15) is 40.7 Å². The lowest BCUT2D eigenvalue weighted by Gasteiger charge is -2.42. The third kappa shape index (κ3) is 5.04. The van der Waals surface area contributed by atoms with Crippen LogP contribution in [0.4, 0.5) is 0 Å². The lowest BCUT2D eigenvalue weighted by molar-refractivity contribution is -0.166. The Labute approximate surface area is 200 Å². The Hall–Kier alpha value is -3.45. The molecular formula is C27H30N4O3. The first-order valence-corrected chi connectivity index (χ1v) is 11.9. The minimum absolute atomic E-state index is 0.0290. The van der Waals surface area contributed by atoms with Crippen LogP contribution in [0.25, 0.3) is 0 Å². The Kier molecular flexibility index (Phi) is 6.45. The van der Waals surface area contributed by atoms with Gasteiger partial charge in [-0.15, -0.1) is 0 Å². The smallest absolute Gasteiger partial charge is 0.253 e. The van der Waals surface area contributed by atoms with Gasteiger partial charge in [-0.3, -0.25) is 9.59 Å². The van der Waals surface area contributed by atoms with Crippen molar-refractivity contribution in [2.75, 3.05) is 26.2 Å². The Bertz CT molecular complexity index is 1130. The Morgan fingerprint density at radius 3 is 2.68 bits per heavy atom. The third-order valence-electron chi connectivity index (χ3n) is 6.83. The van der Waals surface area contributed by atoms with E-state index in [4.69, 9.17) is 4.74 Å². The van der Waals surface area contributed by atoms with Crippen LogP contribution < -0.4 is 0 Å². The van der Waals surface area contributed by atoms with Crippen molar-refractivity contribution in [3.63, 3.8) is 0 Å². The normalized spacial score (nSPS) is 21.0. The number of morpholine rings is 1. The summed E-state index contributed by atoms with van der Waals surface area (Å²) in [6.07, 6.45) is 7.87. The number of ether oxygens (including phenoxy) is 1. The summed E-state index contributed by atoms with van der Waals surface area (Å²) in [7, 11) is 0. The number of aromatic nitrogens is 2. The van der Waals surface area contributed by atoms with E-state index in [1.807, 2.05) is 75.2 Å².